The van der Waals surface area contributed by atoms with E-state index in [-0.39, 0.29) is 17.8 Å². The van der Waals surface area contributed by atoms with Crippen molar-refractivity contribution in [3.05, 3.63) is 59.7 Å². The van der Waals surface area contributed by atoms with E-state index in [1.165, 1.54) is 0 Å². The minimum absolute atomic E-state index is 0.204. The van der Waals surface area contributed by atoms with Crippen LogP contribution in [0.3, 0.4) is 0 Å². The maximum atomic E-state index is 12.5. The van der Waals surface area contributed by atoms with Crippen LogP contribution in [0, 0.1) is 12.8 Å². The number of aryl methyl sites for hydroxylation is 1. The Morgan fingerprint density at radius 3 is 2.60 bits per heavy atom. The summed E-state index contributed by atoms with van der Waals surface area (Å²) in [5.74, 6) is -0.573. The molecule has 3 rings (SSSR count). The van der Waals surface area contributed by atoms with Gasteiger partial charge in [-0.2, -0.15) is 0 Å². The van der Waals surface area contributed by atoms with Gasteiger partial charge in [0.25, 0.3) is 5.91 Å². The summed E-state index contributed by atoms with van der Waals surface area (Å²) >= 11 is 0. The molecule has 1 aliphatic rings. The number of esters is 1. The van der Waals surface area contributed by atoms with E-state index in [1.54, 1.807) is 42.2 Å². The fraction of sp³-hybridized carbons (Fsp3) is 0.348. The molecule has 1 N–H and O–H groups in total. The second-order valence-electron chi connectivity index (χ2n) is 7.25. The van der Waals surface area contributed by atoms with Crippen molar-refractivity contribution < 1.29 is 23.9 Å². The molecule has 0 saturated carbocycles. The van der Waals surface area contributed by atoms with Crippen LogP contribution in [0.25, 0.3) is 0 Å². The second-order valence-corrected chi connectivity index (χ2v) is 7.25. The van der Waals surface area contributed by atoms with Gasteiger partial charge in [-0.25, -0.2) is 4.79 Å². The quantitative estimate of drug-likeness (QED) is 0.594. The Balaban J connectivity index is 1.55. The van der Waals surface area contributed by atoms with Gasteiger partial charge in [-0.05, 0) is 63.1 Å². The standard InChI is InChI=1S/C23H26N2O5/c1-3-29-23(28)25-13-5-8-18(15-25)22(27)30-20-11-9-19(10-12-20)24-21(26)17-7-4-6-16(2)14-17/h4,6-7,9-12,14,18H,3,5,8,13,15H2,1-2H3,(H,24,26)/t18-/m0/s1. The van der Waals surface area contributed by atoms with Crippen molar-refractivity contribution in [3.63, 3.8) is 0 Å². The maximum Gasteiger partial charge on any atom is 0.409 e. The summed E-state index contributed by atoms with van der Waals surface area (Å²) in [5.41, 5.74) is 2.19. The van der Waals surface area contributed by atoms with Gasteiger partial charge in [-0.15, -0.1) is 0 Å². The Morgan fingerprint density at radius 1 is 1.13 bits per heavy atom. The molecular formula is C23H26N2O5. The number of anilines is 1. The Bertz CT molecular complexity index is 910. The van der Waals surface area contributed by atoms with Crippen molar-refractivity contribution in [2.45, 2.75) is 26.7 Å². The molecule has 2 aromatic rings. The molecule has 0 unspecified atom stereocenters. The number of carbonyl (C=O) groups is 3. The van der Waals surface area contributed by atoms with E-state index >= 15 is 0 Å². The van der Waals surface area contributed by atoms with E-state index < -0.39 is 6.09 Å². The predicted octanol–water partition coefficient (Wildman–Crippen LogP) is 4.02. The average Bonchev–Trinajstić information content (AvgIpc) is 2.75. The number of hydrogen-bond donors (Lipinski definition) is 1. The van der Waals surface area contributed by atoms with Crippen LogP contribution < -0.4 is 10.1 Å². The predicted molar refractivity (Wildman–Crippen MR) is 113 cm³/mol. The summed E-state index contributed by atoms with van der Waals surface area (Å²) in [7, 11) is 0. The molecule has 0 bridgehead atoms. The van der Waals surface area contributed by atoms with Crippen LogP contribution in [0.5, 0.6) is 5.75 Å². The Hall–Kier alpha value is -3.35. The lowest BCUT2D eigenvalue weighted by atomic mass is 9.98. The Morgan fingerprint density at radius 2 is 1.90 bits per heavy atom. The van der Waals surface area contributed by atoms with Crippen molar-refractivity contribution in [2.75, 3.05) is 25.0 Å². The lowest BCUT2D eigenvalue weighted by molar-refractivity contribution is -0.140. The molecule has 1 saturated heterocycles. The molecule has 0 radical (unpaired) electrons. The summed E-state index contributed by atoms with van der Waals surface area (Å²) in [6, 6.07) is 14.0. The summed E-state index contributed by atoms with van der Waals surface area (Å²) in [6.07, 6.45) is 0.991. The monoisotopic (exact) mass is 410 g/mol. The van der Waals surface area contributed by atoms with E-state index in [0.717, 1.165) is 12.0 Å². The van der Waals surface area contributed by atoms with Gasteiger partial charge in [0, 0.05) is 24.3 Å². The largest absolute Gasteiger partial charge is 0.450 e. The minimum Gasteiger partial charge on any atom is -0.450 e. The van der Waals surface area contributed by atoms with E-state index in [0.29, 0.717) is 43.1 Å². The van der Waals surface area contributed by atoms with Gasteiger partial charge in [-0.3, -0.25) is 9.59 Å². The first-order valence-corrected chi connectivity index (χ1v) is 10.1. The number of benzene rings is 2. The SMILES string of the molecule is CCOC(=O)N1CCC[C@H](C(=O)Oc2ccc(NC(=O)c3cccc(C)c3)cc2)C1. The van der Waals surface area contributed by atoms with Crippen LogP contribution >= 0.6 is 0 Å². The normalized spacial score (nSPS) is 15.9. The fourth-order valence-corrected chi connectivity index (χ4v) is 3.35. The summed E-state index contributed by atoms with van der Waals surface area (Å²) in [5, 5.41) is 2.82. The first-order valence-electron chi connectivity index (χ1n) is 10.1. The van der Waals surface area contributed by atoms with Crippen molar-refractivity contribution in [1.29, 1.82) is 0 Å². The average molecular weight is 410 g/mol. The van der Waals surface area contributed by atoms with Crippen molar-refractivity contribution >= 4 is 23.7 Å². The summed E-state index contributed by atoms with van der Waals surface area (Å²) in [4.78, 5) is 38.3. The number of nitrogens with zero attached hydrogens (tertiary/aromatic N) is 1. The molecule has 30 heavy (non-hydrogen) atoms. The summed E-state index contributed by atoms with van der Waals surface area (Å²) < 4.78 is 10.5. The Kier molecular flexibility index (Phi) is 7.06. The molecule has 1 aliphatic heterocycles. The van der Waals surface area contributed by atoms with Gasteiger partial charge in [0.15, 0.2) is 0 Å². The molecule has 0 spiro atoms. The van der Waals surface area contributed by atoms with E-state index in [2.05, 4.69) is 5.32 Å². The molecule has 7 nitrogen and oxygen atoms in total. The molecular weight excluding hydrogens is 384 g/mol. The molecule has 1 fully saturated rings. The van der Waals surface area contributed by atoms with Crippen molar-refractivity contribution in [3.8, 4) is 5.75 Å². The molecule has 0 aromatic heterocycles. The third kappa shape index (κ3) is 5.59. The highest BCUT2D eigenvalue weighted by Gasteiger charge is 2.30. The fourth-order valence-electron chi connectivity index (χ4n) is 3.35. The highest BCUT2D eigenvalue weighted by atomic mass is 16.6. The van der Waals surface area contributed by atoms with Gasteiger partial charge < -0.3 is 19.7 Å². The smallest absolute Gasteiger partial charge is 0.409 e. The zero-order valence-corrected chi connectivity index (χ0v) is 17.2. The zero-order valence-electron chi connectivity index (χ0n) is 17.2. The topological polar surface area (TPSA) is 84.9 Å². The third-order valence-corrected chi connectivity index (χ3v) is 4.89. The van der Waals surface area contributed by atoms with E-state index in [9.17, 15) is 14.4 Å². The maximum absolute atomic E-state index is 12.5. The highest BCUT2D eigenvalue weighted by molar-refractivity contribution is 6.04. The van der Waals surface area contributed by atoms with Crippen LogP contribution in [0.2, 0.25) is 0 Å². The lowest BCUT2D eigenvalue weighted by Crippen LogP contribution is -2.43. The van der Waals surface area contributed by atoms with Crippen LogP contribution in [0.15, 0.2) is 48.5 Å². The summed E-state index contributed by atoms with van der Waals surface area (Å²) in [6.45, 7) is 4.86. The van der Waals surface area contributed by atoms with Gasteiger partial charge in [-0.1, -0.05) is 17.7 Å². The van der Waals surface area contributed by atoms with Crippen molar-refractivity contribution in [2.24, 2.45) is 5.92 Å². The molecule has 158 valence electrons. The second kappa shape index (κ2) is 9.91. The minimum atomic E-state index is -0.399. The number of amides is 2. The van der Waals surface area contributed by atoms with Crippen LogP contribution in [-0.4, -0.2) is 42.6 Å². The molecule has 7 heteroatoms. The molecule has 0 aliphatic carbocycles. The van der Waals surface area contributed by atoms with E-state index in [4.69, 9.17) is 9.47 Å². The Labute approximate surface area is 176 Å². The molecule has 1 heterocycles. The molecule has 1 atom stereocenters. The van der Waals surface area contributed by atoms with Gasteiger partial charge in [0.05, 0.1) is 12.5 Å². The molecule has 2 amide bonds. The zero-order chi connectivity index (χ0) is 21.5. The van der Waals surface area contributed by atoms with Crippen LogP contribution in [-0.2, 0) is 9.53 Å². The first-order chi connectivity index (χ1) is 14.5. The first kappa shape index (κ1) is 21.4. The number of rotatable bonds is 5. The number of carbonyl (C=O) groups excluding carboxylic acids is 3. The van der Waals surface area contributed by atoms with Crippen molar-refractivity contribution in [1.82, 2.24) is 4.90 Å². The highest BCUT2D eigenvalue weighted by Crippen LogP contribution is 2.22. The third-order valence-electron chi connectivity index (χ3n) is 4.89. The lowest BCUT2D eigenvalue weighted by Gasteiger charge is -2.30. The van der Waals surface area contributed by atoms with Crippen LogP contribution in [0.1, 0.15) is 35.7 Å². The number of hydrogen-bond acceptors (Lipinski definition) is 5. The van der Waals surface area contributed by atoms with Crippen LogP contribution in [0.4, 0.5) is 10.5 Å². The number of piperidine rings is 1. The number of likely N-dealkylation sites (tertiary alicyclic amines) is 1. The number of nitrogens with one attached hydrogen (secondary N) is 1. The van der Waals surface area contributed by atoms with Gasteiger partial charge in [0.1, 0.15) is 5.75 Å². The van der Waals surface area contributed by atoms with Gasteiger partial charge in [0.2, 0.25) is 0 Å². The van der Waals surface area contributed by atoms with Gasteiger partial charge >= 0.3 is 12.1 Å². The molecule has 2 aromatic carbocycles. The van der Waals surface area contributed by atoms with E-state index in [1.807, 2.05) is 25.1 Å². The number of ether oxygens (including phenoxy) is 2.